The quantitative estimate of drug-likeness (QED) is 0.878. The summed E-state index contributed by atoms with van der Waals surface area (Å²) in [5.74, 6) is -1.44. The summed E-state index contributed by atoms with van der Waals surface area (Å²) in [5, 5.41) is 19.0. The fraction of sp³-hybridized carbons (Fsp3) is 0.500. The number of anilines is 1. The minimum absolute atomic E-state index is 0.106. The van der Waals surface area contributed by atoms with Gasteiger partial charge in [0.2, 0.25) is 0 Å². The Labute approximate surface area is 120 Å². The van der Waals surface area contributed by atoms with Crippen molar-refractivity contribution in [3.05, 3.63) is 29.3 Å². The van der Waals surface area contributed by atoms with E-state index in [2.05, 4.69) is 0 Å². The third kappa shape index (κ3) is 4.63. The second kappa shape index (κ2) is 5.93. The first kappa shape index (κ1) is 17.3. The molecule has 0 saturated heterocycles. The van der Waals surface area contributed by atoms with E-state index in [0.717, 1.165) is 12.1 Å². The van der Waals surface area contributed by atoms with Crippen LogP contribution in [0.4, 0.5) is 18.9 Å². The molecule has 0 aliphatic heterocycles. The number of carboxylic acids is 1. The summed E-state index contributed by atoms with van der Waals surface area (Å²) in [6, 6.07) is 2.58. The van der Waals surface area contributed by atoms with E-state index in [4.69, 9.17) is 5.11 Å². The van der Waals surface area contributed by atoms with E-state index < -0.39 is 28.9 Å². The average Bonchev–Trinajstić information content (AvgIpc) is 2.33. The molecular formula is C14H18F3NO3. The minimum Gasteiger partial charge on any atom is -0.478 e. The fourth-order valence-corrected chi connectivity index (χ4v) is 1.99. The summed E-state index contributed by atoms with van der Waals surface area (Å²) in [6.45, 7) is 5.28. The molecule has 1 rings (SSSR count). The molecule has 118 valence electrons. The van der Waals surface area contributed by atoms with Crippen LogP contribution in [0.15, 0.2) is 18.2 Å². The maximum absolute atomic E-state index is 12.7. The Kier molecular flexibility index (Phi) is 4.88. The summed E-state index contributed by atoms with van der Waals surface area (Å²) < 4.78 is 38.0. The largest absolute Gasteiger partial charge is 0.478 e. The van der Waals surface area contributed by atoms with Crippen molar-refractivity contribution < 1.29 is 28.2 Å². The van der Waals surface area contributed by atoms with Crippen LogP contribution in [-0.4, -0.2) is 34.9 Å². The summed E-state index contributed by atoms with van der Waals surface area (Å²) in [7, 11) is 0. The number of alkyl halides is 3. The normalized spacial score (nSPS) is 12.3. The SMILES string of the molecule is CCN(CC(C)(C)O)c1ccc(C(F)(F)F)cc1C(=O)O. The van der Waals surface area contributed by atoms with Gasteiger partial charge in [-0.3, -0.25) is 0 Å². The van der Waals surface area contributed by atoms with Gasteiger partial charge in [-0.05, 0) is 39.0 Å². The lowest BCUT2D eigenvalue weighted by atomic mass is 10.0. The van der Waals surface area contributed by atoms with Gasteiger partial charge in [-0.1, -0.05) is 0 Å². The van der Waals surface area contributed by atoms with E-state index in [-0.39, 0.29) is 12.2 Å². The molecule has 0 spiro atoms. The lowest BCUT2D eigenvalue weighted by Crippen LogP contribution is -2.39. The van der Waals surface area contributed by atoms with Crippen LogP contribution in [0.5, 0.6) is 0 Å². The average molecular weight is 305 g/mol. The highest BCUT2D eigenvalue weighted by Crippen LogP contribution is 2.33. The second-order valence-electron chi connectivity index (χ2n) is 5.36. The third-order valence-electron chi connectivity index (χ3n) is 2.85. The summed E-state index contributed by atoms with van der Waals surface area (Å²) in [4.78, 5) is 12.8. The Bertz CT molecular complexity index is 521. The van der Waals surface area contributed by atoms with Gasteiger partial charge in [0.15, 0.2) is 0 Å². The first-order valence-electron chi connectivity index (χ1n) is 6.37. The Morgan fingerprint density at radius 1 is 1.29 bits per heavy atom. The van der Waals surface area contributed by atoms with Crippen molar-refractivity contribution in [2.75, 3.05) is 18.0 Å². The molecule has 0 amide bonds. The number of carbonyl (C=O) groups is 1. The first-order chi connectivity index (χ1) is 9.45. The number of carboxylic acid groups (broad SMARTS) is 1. The van der Waals surface area contributed by atoms with E-state index in [0.29, 0.717) is 12.6 Å². The Balaban J connectivity index is 3.31. The number of benzene rings is 1. The van der Waals surface area contributed by atoms with Gasteiger partial charge in [-0.15, -0.1) is 0 Å². The van der Waals surface area contributed by atoms with E-state index in [1.165, 1.54) is 4.90 Å². The summed E-state index contributed by atoms with van der Waals surface area (Å²) >= 11 is 0. The van der Waals surface area contributed by atoms with Crippen molar-refractivity contribution in [1.29, 1.82) is 0 Å². The van der Waals surface area contributed by atoms with Crippen LogP contribution < -0.4 is 4.90 Å². The lowest BCUT2D eigenvalue weighted by molar-refractivity contribution is -0.137. The zero-order valence-electron chi connectivity index (χ0n) is 12.0. The molecule has 0 fully saturated rings. The molecule has 4 nitrogen and oxygen atoms in total. The summed E-state index contributed by atoms with van der Waals surface area (Å²) in [5.41, 5.74) is -2.40. The molecular weight excluding hydrogens is 287 g/mol. The monoisotopic (exact) mass is 305 g/mol. The van der Waals surface area contributed by atoms with Crippen molar-refractivity contribution in [3.63, 3.8) is 0 Å². The highest BCUT2D eigenvalue weighted by molar-refractivity contribution is 5.94. The van der Waals surface area contributed by atoms with Crippen LogP contribution in [0.1, 0.15) is 36.7 Å². The van der Waals surface area contributed by atoms with Crippen LogP contribution in [-0.2, 0) is 6.18 Å². The van der Waals surface area contributed by atoms with Crippen molar-refractivity contribution in [1.82, 2.24) is 0 Å². The molecule has 0 atom stereocenters. The molecule has 0 radical (unpaired) electrons. The molecule has 0 aliphatic rings. The van der Waals surface area contributed by atoms with E-state index in [1.54, 1.807) is 20.8 Å². The standard InChI is InChI=1S/C14H18F3NO3/c1-4-18(8-13(2,3)21)11-6-5-9(14(15,16)17)7-10(11)12(19)20/h5-7,21H,4,8H2,1-3H3,(H,19,20). The van der Waals surface area contributed by atoms with Gasteiger partial charge >= 0.3 is 12.1 Å². The number of likely N-dealkylation sites (N-methyl/N-ethyl adjacent to an activating group) is 1. The smallest absolute Gasteiger partial charge is 0.416 e. The maximum atomic E-state index is 12.7. The van der Waals surface area contributed by atoms with Gasteiger partial charge in [-0.2, -0.15) is 13.2 Å². The number of halogens is 3. The predicted octanol–water partition coefficient (Wildman–Crippen LogP) is 3.00. The molecule has 21 heavy (non-hydrogen) atoms. The van der Waals surface area contributed by atoms with E-state index >= 15 is 0 Å². The van der Waals surface area contributed by atoms with E-state index in [9.17, 15) is 23.1 Å². The van der Waals surface area contributed by atoms with Crippen molar-refractivity contribution >= 4 is 11.7 Å². The van der Waals surface area contributed by atoms with Crippen LogP contribution in [0, 0.1) is 0 Å². The van der Waals surface area contributed by atoms with Gasteiger partial charge in [0.1, 0.15) is 0 Å². The summed E-state index contributed by atoms with van der Waals surface area (Å²) in [6.07, 6.45) is -4.60. The number of hydrogen-bond acceptors (Lipinski definition) is 3. The van der Waals surface area contributed by atoms with Crippen LogP contribution >= 0.6 is 0 Å². The number of aromatic carboxylic acids is 1. The Morgan fingerprint density at radius 3 is 2.24 bits per heavy atom. The molecule has 0 bridgehead atoms. The molecule has 1 aromatic rings. The second-order valence-corrected chi connectivity index (χ2v) is 5.36. The number of rotatable bonds is 5. The number of hydrogen-bond donors (Lipinski definition) is 2. The first-order valence-corrected chi connectivity index (χ1v) is 6.37. The zero-order chi connectivity index (χ0) is 16.4. The third-order valence-corrected chi connectivity index (χ3v) is 2.85. The Morgan fingerprint density at radius 2 is 1.86 bits per heavy atom. The molecule has 0 unspecified atom stereocenters. The van der Waals surface area contributed by atoms with Gasteiger partial charge in [0.05, 0.1) is 22.4 Å². The highest BCUT2D eigenvalue weighted by Gasteiger charge is 2.32. The van der Waals surface area contributed by atoms with Gasteiger partial charge in [-0.25, -0.2) is 4.79 Å². The molecule has 2 N–H and O–H groups in total. The highest BCUT2D eigenvalue weighted by atomic mass is 19.4. The zero-order valence-corrected chi connectivity index (χ0v) is 12.0. The van der Waals surface area contributed by atoms with Crippen LogP contribution in [0.25, 0.3) is 0 Å². The molecule has 7 heteroatoms. The molecule has 0 aliphatic carbocycles. The maximum Gasteiger partial charge on any atom is 0.416 e. The minimum atomic E-state index is -4.60. The molecule has 1 aromatic carbocycles. The fourth-order valence-electron chi connectivity index (χ4n) is 1.99. The lowest BCUT2D eigenvalue weighted by Gasteiger charge is -2.31. The van der Waals surface area contributed by atoms with Crippen molar-refractivity contribution in [2.45, 2.75) is 32.5 Å². The molecule has 0 aromatic heterocycles. The number of nitrogens with zero attached hydrogens (tertiary/aromatic N) is 1. The van der Waals surface area contributed by atoms with Gasteiger partial charge < -0.3 is 15.1 Å². The topological polar surface area (TPSA) is 60.8 Å². The van der Waals surface area contributed by atoms with Crippen LogP contribution in [0.2, 0.25) is 0 Å². The Hall–Kier alpha value is -1.76. The van der Waals surface area contributed by atoms with Gasteiger partial charge in [0, 0.05) is 13.1 Å². The van der Waals surface area contributed by atoms with Crippen LogP contribution in [0.3, 0.4) is 0 Å². The predicted molar refractivity (Wildman–Crippen MR) is 72.6 cm³/mol. The number of aliphatic hydroxyl groups is 1. The molecule has 0 heterocycles. The van der Waals surface area contributed by atoms with E-state index in [1.807, 2.05) is 0 Å². The van der Waals surface area contributed by atoms with Gasteiger partial charge in [0.25, 0.3) is 0 Å². The van der Waals surface area contributed by atoms with Crippen molar-refractivity contribution in [2.24, 2.45) is 0 Å². The molecule has 0 saturated carbocycles. The van der Waals surface area contributed by atoms with Crippen molar-refractivity contribution in [3.8, 4) is 0 Å².